The van der Waals surface area contributed by atoms with Gasteiger partial charge in [-0.3, -0.25) is 4.79 Å². The normalized spacial score (nSPS) is 18.6. The molecule has 1 N–H and O–H groups in total. The number of oxazole rings is 1. The molecule has 8 heteroatoms. The molecule has 148 valence electrons. The topological polar surface area (TPSA) is 71.3 Å². The van der Waals surface area contributed by atoms with E-state index in [0.29, 0.717) is 29.2 Å². The van der Waals surface area contributed by atoms with E-state index in [1.165, 1.54) is 24.2 Å². The highest BCUT2D eigenvalue weighted by Gasteiger charge is 2.22. The second-order valence-electron chi connectivity index (χ2n) is 8.02. The van der Waals surface area contributed by atoms with Crippen LogP contribution in [-0.2, 0) is 16.0 Å². The summed E-state index contributed by atoms with van der Waals surface area (Å²) in [6, 6.07) is 0.342. The SMILES string of the molecule is CN1CCCCC1CC(=O)Nc1ncc(SCc2ncc(C(C)(C)C)o2)s1. The summed E-state index contributed by atoms with van der Waals surface area (Å²) >= 11 is 3.11. The van der Waals surface area contributed by atoms with Gasteiger partial charge < -0.3 is 14.6 Å². The first kappa shape index (κ1) is 20.4. The average molecular weight is 409 g/mol. The van der Waals surface area contributed by atoms with E-state index in [9.17, 15) is 4.79 Å². The number of likely N-dealkylation sites (tertiary alicyclic amines) is 1. The van der Waals surface area contributed by atoms with Crippen molar-refractivity contribution in [1.29, 1.82) is 0 Å². The number of hydrogen-bond donors (Lipinski definition) is 1. The molecule has 0 aromatic carbocycles. The molecule has 2 aromatic rings. The lowest BCUT2D eigenvalue weighted by atomic mass is 9.94. The maximum Gasteiger partial charge on any atom is 0.227 e. The Morgan fingerprint density at radius 2 is 2.19 bits per heavy atom. The van der Waals surface area contributed by atoms with Gasteiger partial charge in [0.05, 0.1) is 22.4 Å². The lowest BCUT2D eigenvalue weighted by Gasteiger charge is -2.31. The highest BCUT2D eigenvalue weighted by molar-refractivity contribution is 8.00. The van der Waals surface area contributed by atoms with E-state index >= 15 is 0 Å². The van der Waals surface area contributed by atoms with Crippen molar-refractivity contribution < 1.29 is 9.21 Å². The van der Waals surface area contributed by atoms with E-state index in [-0.39, 0.29) is 11.3 Å². The molecular weight excluding hydrogens is 380 g/mol. The Bertz CT molecular complexity index is 766. The molecule has 3 heterocycles. The summed E-state index contributed by atoms with van der Waals surface area (Å²) in [5, 5.41) is 3.60. The van der Waals surface area contributed by atoms with Gasteiger partial charge in [0, 0.05) is 17.9 Å². The predicted molar refractivity (Wildman–Crippen MR) is 110 cm³/mol. The van der Waals surface area contributed by atoms with Gasteiger partial charge >= 0.3 is 0 Å². The van der Waals surface area contributed by atoms with Crippen LogP contribution in [-0.4, -0.2) is 40.4 Å². The van der Waals surface area contributed by atoms with Crippen LogP contribution in [0.2, 0.25) is 0 Å². The Morgan fingerprint density at radius 1 is 1.37 bits per heavy atom. The van der Waals surface area contributed by atoms with E-state index in [0.717, 1.165) is 22.9 Å². The number of thiazole rings is 1. The summed E-state index contributed by atoms with van der Waals surface area (Å²) in [6.45, 7) is 7.39. The highest BCUT2D eigenvalue weighted by Crippen LogP contribution is 2.32. The molecule has 1 unspecified atom stereocenters. The molecule has 0 radical (unpaired) electrons. The molecule has 1 fully saturated rings. The van der Waals surface area contributed by atoms with Crippen LogP contribution in [0, 0.1) is 0 Å². The minimum atomic E-state index is -0.0374. The number of piperidine rings is 1. The lowest BCUT2D eigenvalue weighted by molar-refractivity contribution is -0.117. The van der Waals surface area contributed by atoms with Gasteiger partial charge in [0.15, 0.2) is 5.13 Å². The molecular formula is C19H28N4O2S2. The van der Waals surface area contributed by atoms with Gasteiger partial charge in [-0.25, -0.2) is 9.97 Å². The van der Waals surface area contributed by atoms with Crippen LogP contribution in [0.15, 0.2) is 21.0 Å². The number of nitrogens with zero attached hydrogens (tertiary/aromatic N) is 3. The Labute approximate surface area is 169 Å². The first-order chi connectivity index (χ1) is 12.8. The number of hydrogen-bond acceptors (Lipinski definition) is 7. The Hall–Kier alpha value is -1.38. The van der Waals surface area contributed by atoms with Crippen molar-refractivity contribution in [3.63, 3.8) is 0 Å². The summed E-state index contributed by atoms with van der Waals surface area (Å²) in [6.07, 6.45) is 7.66. The monoisotopic (exact) mass is 408 g/mol. The fourth-order valence-electron chi connectivity index (χ4n) is 3.03. The summed E-state index contributed by atoms with van der Waals surface area (Å²) in [7, 11) is 2.10. The smallest absolute Gasteiger partial charge is 0.227 e. The zero-order chi connectivity index (χ0) is 19.4. The quantitative estimate of drug-likeness (QED) is 0.708. The molecule has 1 aliphatic rings. The third kappa shape index (κ3) is 5.80. The summed E-state index contributed by atoms with van der Waals surface area (Å²) in [4.78, 5) is 23.3. The van der Waals surface area contributed by atoms with E-state index in [1.54, 1.807) is 24.2 Å². The Morgan fingerprint density at radius 3 is 2.89 bits per heavy atom. The molecule has 27 heavy (non-hydrogen) atoms. The number of aromatic nitrogens is 2. The van der Waals surface area contributed by atoms with Gasteiger partial charge in [0.2, 0.25) is 11.8 Å². The van der Waals surface area contributed by atoms with E-state index in [2.05, 4.69) is 48.0 Å². The van der Waals surface area contributed by atoms with Gasteiger partial charge in [-0.15, -0.1) is 11.8 Å². The maximum atomic E-state index is 12.3. The van der Waals surface area contributed by atoms with Gasteiger partial charge in [0.1, 0.15) is 5.76 Å². The van der Waals surface area contributed by atoms with E-state index in [1.807, 2.05) is 0 Å². The zero-order valence-corrected chi connectivity index (χ0v) is 18.1. The molecule has 2 aromatic heterocycles. The minimum Gasteiger partial charge on any atom is -0.444 e. The first-order valence-corrected chi connectivity index (χ1v) is 11.2. The number of thioether (sulfide) groups is 1. The first-order valence-electron chi connectivity index (χ1n) is 9.35. The maximum absolute atomic E-state index is 12.3. The molecule has 0 aliphatic carbocycles. The van der Waals surface area contributed by atoms with Crippen LogP contribution >= 0.6 is 23.1 Å². The van der Waals surface area contributed by atoms with Crippen molar-refractivity contribution in [1.82, 2.24) is 14.9 Å². The van der Waals surface area contributed by atoms with Crippen LogP contribution < -0.4 is 5.32 Å². The van der Waals surface area contributed by atoms with Crippen LogP contribution in [0.5, 0.6) is 0 Å². The van der Waals surface area contributed by atoms with E-state index in [4.69, 9.17) is 4.42 Å². The summed E-state index contributed by atoms with van der Waals surface area (Å²) < 4.78 is 6.85. The Kier molecular flexibility index (Phi) is 6.60. The van der Waals surface area contributed by atoms with Crippen LogP contribution in [0.25, 0.3) is 0 Å². The van der Waals surface area contributed by atoms with Crippen LogP contribution in [0.4, 0.5) is 5.13 Å². The number of nitrogens with one attached hydrogen (secondary N) is 1. The van der Waals surface area contributed by atoms with E-state index < -0.39 is 0 Å². The third-order valence-corrected chi connectivity index (χ3v) is 6.80. The van der Waals surface area contributed by atoms with Gasteiger partial charge in [-0.2, -0.15) is 0 Å². The molecule has 0 spiro atoms. The highest BCUT2D eigenvalue weighted by atomic mass is 32.2. The van der Waals surface area contributed by atoms with Crippen molar-refractivity contribution >= 4 is 34.1 Å². The Balaban J connectivity index is 1.48. The van der Waals surface area contributed by atoms with Gasteiger partial charge in [-0.1, -0.05) is 38.5 Å². The largest absolute Gasteiger partial charge is 0.444 e. The molecule has 1 atom stereocenters. The molecule has 6 nitrogen and oxygen atoms in total. The van der Waals surface area contributed by atoms with Gasteiger partial charge in [0.25, 0.3) is 0 Å². The van der Waals surface area contributed by atoms with Crippen LogP contribution in [0.3, 0.4) is 0 Å². The molecule has 1 saturated heterocycles. The van der Waals surface area contributed by atoms with Crippen molar-refractivity contribution in [2.75, 3.05) is 18.9 Å². The minimum absolute atomic E-state index is 0.0374. The number of amides is 1. The molecule has 3 rings (SSSR count). The second-order valence-corrected chi connectivity index (χ2v) is 10.3. The third-order valence-electron chi connectivity index (χ3n) is 4.70. The average Bonchev–Trinajstić information content (AvgIpc) is 3.24. The van der Waals surface area contributed by atoms with Gasteiger partial charge in [-0.05, 0) is 26.4 Å². The molecule has 0 bridgehead atoms. The lowest BCUT2D eigenvalue weighted by Crippen LogP contribution is -2.38. The van der Waals surface area contributed by atoms with Crippen molar-refractivity contribution in [2.24, 2.45) is 0 Å². The second kappa shape index (κ2) is 8.75. The summed E-state index contributed by atoms with van der Waals surface area (Å²) in [5.41, 5.74) is -0.0374. The standard InChI is InChI=1S/C19H28N4O2S2/c1-19(2,3)14-10-20-16(25-14)12-26-17-11-21-18(27-17)22-15(24)9-13-7-5-6-8-23(13)4/h10-11,13H,5-9,12H2,1-4H3,(H,21,22,24). The van der Waals surface area contributed by atoms with Crippen molar-refractivity contribution in [3.05, 3.63) is 24.0 Å². The molecule has 1 aliphatic heterocycles. The predicted octanol–water partition coefficient (Wildman–Crippen LogP) is 4.53. The summed E-state index contributed by atoms with van der Waals surface area (Å²) in [5.74, 6) is 2.30. The number of anilines is 1. The van der Waals surface area contributed by atoms with Crippen LogP contribution in [0.1, 0.15) is 58.1 Å². The molecule has 0 saturated carbocycles. The van der Waals surface area contributed by atoms with Crippen molar-refractivity contribution in [3.8, 4) is 0 Å². The number of carbonyl (C=O) groups excluding carboxylic acids is 1. The zero-order valence-electron chi connectivity index (χ0n) is 16.4. The molecule has 1 amide bonds. The number of carbonyl (C=O) groups is 1. The fraction of sp³-hybridized carbons (Fsp3) is 0.632. The number of rotatable bonds is 6. The fourth-order valence-corrected chi connectivity index (χ4v) is 4.77. The van der Waals surface area contributed by atoms with Crippen molar-refractivity contribution in [2.45, 2.75) is 67.9 Å².